The summed E-state index contributed by atoms with van der Waals surface area (Å²) >= 11 is 0. The molecule has 0 aromatic heterocycles. The van der Waals surface area contributed by atoms with Crippen LogP contribution in [0.5, 0.6) is 0 Å². The summed E-state index contributed by atoms with van der Waals surface area (Å²) in [5.74, 6) is 5.85. The van der Waals surface area contributed by atoms with Crippen LogP contribution in [0.3, 0.4) is 0 Å². The van der Waals surface area contributed by atoms with Gasteiger partial charge in [-0.2, -0.15) is 0 Å². The minimum Gasteiger partial charge on any atom is -0.469 e. The first-order valence-corrected chi connectivity index (χ1v) is 22.1. The normalized spacial score (nSPS) is 18.4. The van der Waals surface area contributed by atoms with Gasteiger partial charge in [-0.15, -0.1) is 0 Å². The van der Waals surface area contributed by atoms with Gasteiger partial charge in [0.25, 0.3) is 0 Å². The van der Waals surface area contributed by atoms with Gasteiger partial charge in [0.2, 0.25) is 0 Å². The second-order valence-corrected chi connectivity index (χ2v) is 18.9. The van der Waals surface area contributed by atoms with Gasteiger partial charge in [-0.25, -0.2) is 0 Å². The van der Waals surface area contributed by atoms with Crippen LogP contribution >= 0.6 is 0 Å². The molecule has 5 fully saturated rings. The summed E-state index contributed by atoms with van der Waals surface area (Å²) in [7, 11) is 1.40. The number of hydrogen-bond acceptors (Lipinski definition) is 3. The Labute approximate surface area is 329 Å². The molecule has 1 aromatic rings. The van der Waals surface area contributed by atoms with Gasteiger partial charge in [0, 0.05) is 19.6 Å². The predicted molar refractivity (Wildman–Crippen MR) is 234 cm³/mol. The maximum absolute atomic E-state index is 10.2. The molecule has 1 aliphatic heterocycles. The molecule has 3 heteroatoms. The van der Waals surface area contributed by atoms with Gasteiger partial charge >= 0.3 is 5.97 Å². The lowest BCUT2D eigenvalue weighted by atomic mass is 9.88. The van der Waals surface area contributed by atoms with Crippen LogP contribution in [-0.2, 0) is 14.3 Å². The number of rotatable bonds is 2. The highest BCUT2D eigenvalue weighted by Gasteiger charge is 2.12. The van der Waals surface area contributed by atoms with Crippen molar-refractivity contribution in [1.29, 1.82) is 0 Å². The van der Waals surface area contributed by atoms with E-state index >= 15 is 0 Å². The molecule has 0 amide bonds. The molecule has 0 bridgehead atoms. The van der Waals surface area contributed by atoms with E-state index in [0.717, 1.165) is 55.1 Å². The fourth-order valence-corrected chi connectivity index (χ4v) is 4.87. The van der Waals surface area contributed by atoms with E-state index in [1.165, 1.54) is 115 Å². The molecule has 5 aliphatic rings. The summed E-state index contributed by atoms with van der Waals surface area (Å²) in [6.45, 7) is 32.8. The topological polar surface area (TPSA) is 35.5 Å². The first-order chi connectivity index (χ1) is 24.4. The van der Waals surface area contributed by atoms with E-state index in [1.807, 2.05) is 25.1 Å². The number of esters is 1. The molecule has 1 saturated heterocycles. The lowest BCUT2D eigenvalue weighted by Crippen LogP contribution is -2.12. The van der Waals surface area contributed by atoms with Crippen LogP contribution in [0, 0.1) is 47.8 Å². The van der Waals surface area contributed by atoms with Gasteiger partial charge in [-0.05, 0) is 67.1 Å². The number of methoxy groups -OCH3 is 1. The van der Waals surface area contributed by atoms with Crippen molar-refractivity contribution < 1.29 is 14.3 Å². The molecule has 0 atom stereocenters. The van der Waals surface area contributed by atoms with Gasteiger partial charge in [0.1, 0.15) is 0 Å². The van der Waals surface area contributed by atoms with Gasteiger partial charge in [0.15, 0.2) is 0 Å². The van der Waals surface area contributed by atoms with Crippen molar-refractivity contribution in [2.45, 2.75) is 213 Å². The van der Waals surface area contributed by atoms with E-state index in [4.69, 9.17) is 4.74 Å². The predicted octanol–water partition coefficient (Wildman–Crippen LogP) is 16.1. The number of ether oxygens (including phenoxy) is 2. The maximum atomic E-state index is 10.2. The Morgan fingerprint density at radius 3 is 1.10 bits per heavy atom. The van der Waals surface area contributed by atoms with E-state index in [2.05, 4.69) is 107 Å². The molecular weight excluding hydrogens is 637 g/mol. The Morgan fingerprint density at radius 2 is 0.962 bits per heavy atom. The third-order valence-electron chi connectivity index (χ3n) is 8.93. The van der Waals surface area contributed by atoms with Crippen molar-refractivity contribution in [3.63, 3.8) is 0 Å². The highest BCUT2D eigenvalue weighted by Crippen LogP contribution is 2.27. The fraction of sp³-hybridized carbons (Fsp3) is 0.857. The first kappa shape index (κ1) is 55.0. The zero-order valence-corrected chi connectivity index (χ0v) is 38.2. The van der Waals surface area contributed by atoms with E-state index < -0.39 is 0 Å². The first-order valence-electron chi connectivity index (χ1n) is 22.1. The van der Waals surface area contributed by atoms with Crippen molar-refractivity contribution in [2.24, 2.45) is 40.9 Å². The van der Waals surface area contributed by atoms with Crippen molar-refractivity contribution in [1.82, 2.24) is 0 Å². The molecule has 310 valence electrons. The summed E-state index contributed by atoms with van der Waals surface area (Å²) in [5.41, 5.74) is 1.82. The number of carbonyl (C=O) groups is 1. The van der Waals surface area contributed by atoms with Crippen LogP contribution in [0.15, 0.2) is 30.3 Å². The molecular formula is C49H96O3. The minimum atomic E-state index is -0.123. The average molecular weight is 733 g/mol. The Balaban J connectivity index is -0.000000523. The third kappa shape index (κ3) is 58.0. The SMILES string of the molecule is CC(C)(C)C.CC(C)C.CC1CC1.CC1CCC1.CC1CCCC1.CC1CCCCC1.CC1CCOCC1.CCCC(=O)OC.Cc1ccccc1. The second-order valence-electron chi connectivity index (χ2n) is 18.9. The Bertz CT molecular complexity index is 791. The number of aryl methyl sites for hydroxylation is 1. The third-order valence-corrected chi connectivity index (χ3v) is 8.93. The maximum Gasteiger partial charge on any atom is 0.305 e. The van der Waals surface area contributed by atoms with Crippen LogP contribution in [0.2, 0.25) is 0 Å². The lowest BCUT2D eigenvalue weighted by Gasteiger charge is -2.18. The van der Waals surface area contributed by atoms with E-state index in [1.54, 1.807) is 0 Å². The molecule has 1 aromatic carbocycles. The van der Waals surface area contributed by atoms with Gasteiger partial charge in [-0.3, -0.25) is 4.79 Å². The smallest absolute Gasteiger partial charge is 0.305 e. The van der Waals surface area contributed by atoms with E-state index in [9.17, 15) is 4.79 Å². The summed E-state index contributed by atoms with van der Waals surface area (Å²) < 4.78 is 9.49. The highest BCUT2D eigenvalue weighted by atomic mass is 16.5. The minimum absolute atomic E-state index is 0.123. The van der Waals surface area contributed by atoms with Crippen LogP contribution in [0.4, 0.5) is 0 Å². The molecule has 3 nitrogen and oxygen atoms in total. The quantitative estimate of drug-likeness (QED) is 0.284. The Kier molecular flexibility index (Phi) is 40.1. The van der Waals surface area contributed by atoms with Crippen LogP contribution in [0.25, 0.3) is 0 Å². The van der Waals surface area contributed by atoms with Crippen molar-refractivity contribution >= 4 is 5.97 Å². The van der Waals surface area contributed by atoms with Crippen LogP contribution < -0.4 is 0 Å². The van der Waals surface area contributed by atoms with Crippen LogP contribution in [-0.4, -0.2) is 26.3 Å². The van der Waals surface area contributed by atoms with Crippen LogP contribution in [0.1, 0.15) is 211 Å². The summed E-state index contributed by atoms with van der Waals surface area (Å²) in [5, 5.41) is 0. The zero-order valence-electron chi connectivity index (χ0n) is 38.2. The number of hydrogen-bond donors (Lipinski definition) is 0. The summed E-state index contributed by atoms with van der Waals surface area (Å²) in [6, 6.07) is 10.3. The molecule has 0 spiro atoms. The molecule has 6 rings (SSSR count). The molecule has 0 N–H and O–H groups in total. The van der Waals surface area contributed by atoms with Gasteiger partial charge < -0.3 is 9.47 Å². The van der Waals surface area contributed by atoms with Crippen molar-refractivity contribution in [3.05, 3.63) is 35.9 Å². The summed E-state index contributed by atoms with van der Waals surface area (Å²) in [6.07, 6.45) is 24.7. The second kappa shape index (κ2) is 37.9. The molecule has 1 heterocycles. The lowest BCUT2D eigenvalue weighted by molar-refractivity contribution is -0.140. The number of benzene rings is 1. The fourth-order valence-electron chi connectivity index (χ4n) is 4.87. The van der Waals surface area contributed by atoms with Gasteiger partial charge in [-0.1, -0.05) is 216 Å². The van der Waals surface area contributed by atoms with Gasteiger partial charge in [0.05, 0.1) is 7.11 Å². The van der Waals surface area contributed by atoms with E-state index in [-0.39, 0.29) is 5.97 Å². The largest absolute Gasteiger partial charge is 0.469 e. The van der Waals surface area contributed by atoms with Crippen molar-refractivity contribution in [2.75, 3.05) is 20.3 Å². The van der Waals surface area contributed by atoms with E-state index in [0.29, 0.717) is 11.8 Å². The monoisotopic (exact) mass is 733 g/mol. The molecule has 0 unspecified atom stereocenters. The molecule has 52 heavy (non-hydrogen) atoms. The molecule has 4 aliphatic carbocycles. The molecule has 0 radical (unpaired) electrons. The highest BCUT2D eigenvalue weighted by molar-refractivity contribution is 5.68. The zero-order chi connectivity index (χ0) is 40.2. The number of carbonyl (C=O) groups excluding carboxylic acids is 1. The Morgan fingerprint density at radius 1 is 0.635 bits per heavy atom. The van der Waals surface area contributed by atoms with Crippen molar-refractivity contribution in [3.8, 4) is 0 Å². The summed E-state index contributed by atoms with van der Waals surface area (Å²) in [4.78, 5) is 10.2. The average Bonchev–Trinajstić information content (AvgIpc) is 3.70. The standard InChI is InChI=1S/C7H14.C7H8.C6H12O.C6H12.C5H10O2.C5H10.C5H12.C4H8.C4H10/c2*1-7-5-3-2-4-6-7;1-6-2-4-7-5-3-6;1-6-4-2-3-5-6;1-3-4-5(6)7-2;1-5-3-2-4-5;1-5(2,3)4;1-4-2-3-4;1-4(2)3/h7H,2-6H2,1H3;2-6H,1H3;6H,2-5H2,1H3;6H,2-5H2,1H3;3-4H2,1-2H3;5H,2-4H2,1H3;1-4H3;4H,2-3H2,1H3;4H,1-3H3. The Hall–Kier alpha value is -1.35. The molecule has 4 saturated carbocycles.